The van der Waals surface area contributed by atoms with Crippen LogP contribution in [0.4, 0.5) is 5.95 Å². The number of nitrogens with two attached hydrogens (primary N) is 1. The molecule has 3 aromatic carbocycles. The summed E-state index contributed by atoms with van der Waals surface area (Å²) in [7, 11) is 0. The number of aromatic nitrogens is 2. The number of nitrogens with zero attached hydrogens (tertiary/aromatic N) is 2. The van der Waals surface area contributed by atoms with Crippen molar-refractivity contribution < 1.29 is 4.57 Å². The summed E-state index contributed by atoms with van der Waals surface area (Å²) in [5.74, 6) is 2.15. The Labute approximate surface area is 184 Å². The number of fused-ring (bicyclic) bond motifs is 1. The summed E-state index contributed by atoms with van der Waals surface area (Å²) in [5, 5.41) is 0.721. The van der Waals surface area contributed by atoms with E-state index in [1.54, 1.807) is 23.5 Å². The molecule has 0 saturated carbocycles. The van der Waals surface area contributed by atoms with Crippen molar-refractivity contribution in [3.05, 3.63) is 82.9 Å². The van der Waals surface area contributed by atoms with Crippen LogP contribution in [0.3, 0.4) is 0 Å². The number of anilines is 1. The standard InChI is InChI=1S/C23H22ClN3S2/c1-16-6-3-8-18(12-16)28-14-26-21-11-5-10-20(24)22(21)27(23(26)25)15-29-19-9-4-7-17(2)13-19/h3-13,25H,14-15H2,1-2H3/p+1. The van der Waals surface area contributed by atoms with Gasteiger partial charge in [-0.1, -0.05) is 76.6 Å². The SMILES string of the molecule is Cc1cccc(SCn2c(N)[n+](CSc3cccc(C)c3)c3c(Cl)cccc32)c1. The molecular formula is C23H23ClN3S2+. The van der Waals surface area contributed by atoms with Gasteiger partial charge in [-0.3, -0.25) is 5.73 Å². The second-order valence-electron chi connectivity index (χ2n) is 7.00. The van der Waals surface area contributed by atoms with Crippen LogP contribution in [0.5, 0.6) is 0 Å². The van der Waals surface area contributed by atoms with E-state index in [0.717, 1.165) is 21.9 Å². The summed E-state index contributed by atoms with van der Waals surface area (Å²) in [6.07, 6.45) is 0. The zero-order valence-electron chi connectivity index (χ0n) is 16.4. The monoisotopic (exact) mass is 440 g/mol. The molecule has 0 bridgehead atoms. The molecular weight excluding hydrogens is 418 g/mol. The number of para-hydroxylation sites is 1. The predicted molar refractivity (Wildman–Crippen MR) is 126 cm³/mol. The summed E-state index contributed by atoms with van der Waals surface area (Å²) in [6, 6.07) is 23.0. The number of aryl methyl sites for hydroxylation is 2. The van der Waals surface area contributed by atoms with Crippen LogP contribution < -0.4 is 10.3 Å². The first-order valence-electron chi connectivity index (χ1n) is 9.38. The minimum Gasteiger partial charge on any atom is -0.290 e. The molecule has 0 aliphatic carbocycles. The van der Waals surface area contributed by atoms with Crippen LogP contribution in [0.15, 0.2) is 76.5 Å². The van der Waals surface area contributed by atoms with Gasteiger partial charge in [0, 0.05) is 9.79 Å². The van der Waals surface area contributed by atoms with Crippen LogP contribution in [0, 0.1) is 13.8 Å². The summed E-state index contributed by atoms with van der Waals surface area (Å²) in [5.41, 5.74) is 11.2. The zero-order valence-corrected chi connectivity index (χ0v) is 18.8. The number of nitrogen functional groups attached to an aromatic ring is 1. The van der Waals surface area contributed by atoms with E-state index in [-0.39, 0.29) is 0 Å². The van der Waals surface area contributed by atoms with Gasteiger partial charge in [-0.2, -0.15) is 0 Å². The number of benzene rings is 3. The molecule has 29 heavy (non-hydrogen) atoms. The van der Waals surface area contributed by atoms with E-state index >= 15 is 0 Å². The molecule has 0 fully saturated rings. The van der Waals surface area contributed by atoms with Crippen LogP contribution in [0.1, 0.15) is 11.1 Å². The maximum atomic E-state index is 6.61. The van der Waals surface area contributed by atoms with Crippen molar-refractivity contribution in [3.8, 4) is 0 Å². The molecule has 0 spiro atoms. The van der Waals surface area contributed by atoms with Crippen molar-refractivity contribution in [3.63, 3.8) is 0 Å². The lowest BCUT2D eigenvalue weighted by atomic mass is 10.2. The first kappa shape index (κ1) is 20.2. The van der Waals surface area contributed by atoms with Crippen LogP contribution in [0.2, 0.25) is 5.02 Å². The van der Waals surface area contributed by atoms with Crippen molar-refractivity contribution in [2.45, 2.75) is 35.4 Å². The molecule has 4 aromatic rings. The molecule has 3 nitrogen and oxygen atoms in total. The Bertz CT molecular complexity index is 1170. The molecule has 148 valence electrons. The van der Waals surface area contributed by atoms with Crippen LogP contribution >= 0.6 is 35.1 Å². The summed E-state index contributed by atoms with van der Waals surface area (Å²) < 4.78 is 4.26. The summed E-state index contributed by atoms with van der Waals surface area (Å²) in [4.78, 5) is 2.45. The maximum Gasteiger partial charge on any atom is 0.357 e. The summed E-state index contributed by atoms with van der Waals surface area (Å²) >= 11 is 10.1. The Morgan fingerprint density at radius 3 is 2.17 bits per heavy atom. The smallest absolute Gasteiger partial charge is 0.290 e. The van der Waals surface area contributed by atoms with Crippen molar-refractivity contribution >= 4 is 52.1 Å². The Morgan fingerprint density at radius 1 is 0.897 bits per heavy atom. The Kier molecular flexibility index (Phi) is 6.09. The van der Waals surface area contributed by atoms with Crippen molar-refractivity contribution in [1.29, 1.82) is 0 Å². The Balaban J connectivity index is 1.66. The normalized spacial score (nSPS) is 11.3. The van der Waals surface area contributed by atoms with E-state index in [0.29, 0.717) is 11.8 Å². The van der Waals surface area contributed by atoms with Gasteiger partial charge in [0.05, 0.1) is 5.02 Å². The number of hydrogen-bond acceptors (Lipinski definition) is 3. The van der Waals surface area contributed by atoms with Gasteiger partial charge in [-0.25, -0.2) is 9.13 Å². The molecule has 0 amide bonds. The average molecular weight is 441 g/mol. The van der Waals surface area contributed by atoms with Crippen molar-refractivity contribution in [2.24, 2.45) is 0 Å². The molecule has 0 aliphatic rings. The molecule has 0 unspecified atom stereocenters. The lowest BCUT2D eigenvalue weighted by molar-refractivity contribution is -0.634. The third-order valence-electron chi connectivity index (χ3n) is 4.78. The predicted octanol–water partition coefficient (Wildman–Crippen LogP) is 6.28. The fourth-order valence-corrected chi connectivity index (χ4v) is 5.58. The molecule has 2 N–H and O–H groups in total. The van der Waals surface area contributed by atoms with Gasteiger partial charge in [0.15, 0.2) is 5.52 Å². The fourth-order valence-electron chi connectivity index (χ4n) is 3.33. The van der Waals surface area contributed by atoms with Gasteiger partial charge in [-0.15, -0.1) is 0 Å². The quantitative estimate of drug-likeness (QED) is 0.283. The highest BCUT2D eigenvalue weighted by molar-refractivity contribution is 7.98. The van der Waals surface area contributed by atoms with E-state index in [4.69, 9.17) is 17.3 Å². The fraction of sp³-hybridized carbons (Fsp3) is 0.174. The lowest BCUT2D eigenvalue weighted by Gasteiger charge is -2.04. The minimum atomic E-state index is 0.706. The summed E-state index contributed by atoms with van der Waals surface area (Å²) in [6.45, 7) is 4.22. The molecule has 0 atom stereocenters. The number of thioether (sulfide) groups is 2. The molecule has 1 heterocycles. The minimum absolute atomic E-state index is 0.706. The third kappa shape index (κ3) is 4.42. The van der Waals surface area contributed by atoms with Gasteiger partial charge in [0.1, 0.15) is 17.3 Å². The maximum absolute atomic E-state index is 6.61. The molecule has 0 saturated heterocycles. The van der Waals surface area contributed by atoms with Gasteiger partial charge < -0.3 is 0 Å². The Morgan fingerprint density at radius 2 is 1.52 bits per heavy atom. The van der Waals surface area contributed by atoms with Crippen LogP contribution in [0.25, 0.3) is 11.0 Å². The van der Waals surface area contributed by atoms with Gasteiger partial charge in [0.2, 0.25) is 0 Å². The van der Waals surface area contributed by atoms with E-state index in [2.05, 4.69) is 77.6 Å². The topological polar surface area (TPSA) is 34.8 Å². The zero-order chi connectivity index (χ0) is 20.4. The van der Waals surface area contributed by atoms with E-state index < -0.39 is 0 Å². The molecule has 4 rings (SSSR count). The van der Waals surface area contributed by atoms with Crippen LogP contribution in [-0.2, 0) is 11.8 Å². The number of rotatable bonds is 6. The third-order valence-corrected chi connectivity index (χ3v) is 7.03. The molecule has 6 heteroatoms. The van der Waals surface area contributed by atoms with Gasteiger partial charge in [0.25, 0.3) is 0 Å². The number of halogens is 1. The van der Waals surface area contributed by atoms with Gasteiger partial charge >= 0.3 is 5.95 Å². The highest BCUT2D eigenvalue weighted by atomic mass is 35.5. The second kappa shape index (κ2) is 8.74. The first-order valence-corrected chi connectivity index (χ1v) is 11.7. The molecule has 0 aliphatic heterocycles. The van der Waals surface area contributed by atoms with Crippen LogP contribution in [-0.4, -0.2) is 4.57 Å². The average Bonchev–Trinajstić information content (AvgIpc) is 2.97. The number of hydrogen-bond donors (Lipinski definition) is 1. The largest absolute Gasteiger partial charge is 0.357 e. The Hall–Kier alpha value is -2.08. The van der Waals surface area contributed by atoms with Crippen molar-refractivity contribution in [2.75, 3.05) is 5.73 Å². The van der Waals surface area contributed by atoms with E-state index in [1.807, 2.05) is 12.1 Å². The second-order valence-corrected chi connectivity index (χ2v) is 9.45. The highest BCUT2D eigenvalue weighted by Gasteiger charge is 2.23. The van der Waals surface area contributed by atoms with Crippen molar-refractivity contribution in [1.82, 2.24) is 4.57 Å². The van der Waals surface area contributed by atoms with E-state index in [1.165, 1.54) is 20.9 Å². The van der Waals surface area contributed by atoms with E-state index in [9.17, 15) is 0 Å². The molecule has 0 radical (unpaired) electrons. The first-order chi connectivity index (χ1) is 14.0. The van der Waals surface area contributed by atoms with Gasteiger partial charge in [-0.05, 0) is 50.2 Å². The lowest BCUT2D eigenvalue weighted by Crippen LogP contribution is -2.35. The molecule has 1 aromatic heterocycles. The highest BCUT2D eigenvalue weighted by Crippen LogP contribution is 2.29. The number of imidazole rings is 1.